The average Bonchev–Trinajstić information content (AvgIpc) is 2.84. The highest BCUT2D eigenvalue weighted by molar-refractivity contribution is 9.10. The van der Waals surface area contributed by atoms with Crippen molar-refractivity contribution in [1.82, 2.24) is 9.71 Å². The number of sulfonamides is 1. The predicted octanol–water partition coefficient (Wildman–Crippen LogP) is 2.52. The Morgan fingerprint density at radius 3 is 2.82 bits per heavy atom. The summed E-state index contributed by atoms with van der Waals surface area (Å²) in [6.07, 6.45) is 1.70. The van der Waals surface area contributed by atoms with Gasteiger partial charge in [-0.2, -0.15) is 0 Å². The molecular weight excluding hydrogens is 390 g/mol. The van der Waals surface area contributed by atoms with E-state index in [1.165, 1.54) is 23.5 Å². The molecule has 6 nitrogen and oxygen atoms in total. The quantitative estimate of drug-likeness (QED) is 0.775. The molecule has 9 heteroatoms. The number of aryl methyl sites for hydroxylation is 1. The highest BCUT2D eigenvalue weighted by atomic mass is 79.9. The fraction of sp³-hybridized carbons (Fsp3) is 0.231. The summed E-state index contributed by atoms with van der Waals surface area (Å²) in [7, 11) is -3.62. The molecule has 1 amide bonds. The van der Waals surface area contributed by atoms with Gasteiger partial charge in [0.2, 0.25) is 15.9 Å². The van der Waals surface area contributed by atoms with E-state index in [0.717, 1.165) is 4.88 Å². The van der Waals surface area contributed by atoms with Crippen LogP contribution in [0.5, 0.6) is 0 Å². The Balaban J connectivity index is 1.86. The third-order valence-corrected chi connectivity index (χ3v) is 5.40. The van der Waals surface area contributed by atoms with Crippen molar-refractivity contribution in [1.29, 1.82) is 0 Å². The zero-order chi connectivity index (χ0) is 16.2. The number of nitrogens with one attached hydrogen (secondary N) is 2. The van der Waals surface area contributed by atoms with E-state index in [2.05, 4.69) is 31.0 Å². The molecule has 0 saturated carbocycles. The molecule has 0 bridgehead atoms. The second-order valence-electron chi connectivity index (χ2n) is 4.43. The number of hydrogen-bond acceptors (Lipinski definition) is 5. The van der Waals surface area contributed by atoms with Crippen LogP contribution in [0.25, 0.3) is 0 Å². The third-order valence-electron chi connectivity index (χ3n) is 2.62. The average molecular weight is 404 g/mol. The topological polar surface area (TPSA) is 88.2 Å². The normalized spacial score (nSPS) is 11.4. The number of aromatic nitrogens is 1. The zero-order valence-electron chi connectivity index (χ0n) is 11.7. The van der Waals surface area contributed by atoms with Crippen molar-refractivity contribution >= 4 is 48.3 Å². The van der Waals surface area contributed by atoms with Gasteiger partial charge in [-0.1, -0.05) is 22.0 Å². The number of benzene rings is 1. The number of hydrogen-bond donors (Lipinski definition) is 2. The Morgan fingerprint density at radius 2 is 2.18 bits per heavy atom. The number of anilines is 1. The lowest BCUT2D eigenvalue weighted by Gasteiger charge is -2.07. The lowest BCUT2D eigenvalue weighted by molar-refractivity contribution is -0.116. The van der Waals surface area contributed by atoms with Crippen molar-refractivity contribution in [3.8, 4) is 0 Å². The molecule has 0 radical (unpaired) electrons. The molecule has 22 heavy (non-hydrogen) atoms. The second kappa shape index (κ2) is 7.32. The summed E-state index contributed by atoms with van der Waals surface area (Å²) in [4.78, 5) is 16.9. The Hall–Kier alpha value is -1.29. The van der Waals surface area contributed by atoms with E-state index >= 15 is 0 Å². The van der Waals surface area contributed by atoms with Gasteiger partial charge in [-0.3, -0.25) is 4.79 Å². The minimum absolute atomic E-state index is 0.0189. The Labute approximate surface area is 141 Å². The molecule has 0 spiro atoms. The van der Waals surface area contributed by atoms with Crippen molar-refractivity contribution in [2.24, 2.45) is 0 Å². The molecule has 0 fully saturated rings. The van der Waals surface area contributed by atoms with Crippen molar-refractivity contribution in [3.63, 3.8) is 0 Å². The Kier molecular flexibility index (Phi) is 5.68. The zero-order valence-corrected chi connectivity index (χ0v) is 14.9. The van der Waals surface area contributed by atoms with Gasteiger partial charge in [0.15, 0.2) is 5.13 Å². The molecule has 2 N–H and O–H groups in total. The van der Waals surface area contributed by atoms with E-state index in [1.807, 2.05) is 6.92 Å². The first kappa shape index (κ1) is 17.1. The number of carbonyl (C=O) groups excluding carboxylic acids is 1. The molecule has 1 aromatic carbocycles. The van der Waals surface area contributed by atoms with Crippen LogP contribution in [0.3, 0.4) is 0 Å². The second-order valence-corrected chi connectivity index (χ2v) is 8.35. The number of carbonyl (C=O) groups is 1. The Bertz CT molecular complexity index is 774. The maximum atomic E-state index is 12.1. The summed E-state index contributed by atoms with van der Waals surface area (Å²) in [5.74, 6) is -0.286. The monoisotopic (exact) mass is 403 g/mol. The molecule has 0 aliphatic carbocycles. The van der Waals surface area contributed by atoms with Gasteiger partial charge in [0.25, 0.3) is 0 Å². The van der Waals surface area contributed by atoms with E-state index in [4.69, 9.17) is 0 Å². The molecule has 2 aromatic rings. The highest BCUT2D eigenvalue weighted by Gasteiger charge is 2.14. The first-order chi connectivity index (χ1) is 10.4. The molecule has 2 rings (SSSR count). The fourth-order valence-electron chi connectivity index (χ4n) is 1.61. The standard InChI is InChI=1S/C13H14BrN3O3S2/c1-9-8-15-13(21-9)17-12(18)5-6-16-22(19,20)11-4-2-3-10(14)7-11/h2-4,7-8,16H,5-6H2,1H3,(H,15,17,18). The van der Waals surface area contributed by atoms with Crippen molar-refractivity contribution in [2.75, 3.05) is 11.9 Å². The van der Waals surface area contributed by atoms with Gasteiger partial charge in [-0.15, -0.1) is 11.3 Å². The SMILES string of the molecule is Cc1cnc(NC(=O)CCNS(=O)(=O)c2cccc(Br)c2)s1. The van der Waals surface area contributed by atoms with Gasteiger partial charge in [-0.25, -0.2) is 18.1 Å². The van der Waals surface area contributed by atoms with Gasteiger partial charge in [0.05, 0.1) is 4.90 Å². The summed E-state index contributed by atoms with van der Waals surface area (Å²) in [6, 6.07) is 6.37. The number of rotatable bonds is 6. The van der Waals surface area contributed by atoms with E-state index in [-0.39, 0.29) is 23.8 Å². The van der Waals surface area contributed by atoms with E-state index in [9.17, 15) is 13.2 Å². The van der Waals surface area contributed by atoms with Crippen LogP contribution in [0.1, 0.15) is 11.3 Å². The minimum Gasteiger partial charge on any atom is -0.302 e. The summed E-state index contributed by atoms with van der Waals surface area (Å²) < 4.78 is 27.2. The predicted molar refractivity (Wildman–Crippen MR) is 89.4 cm³/mol. The first-order valence-electron chi connectivity index (χ1n) is 6.34. The van der Waals surface area contributed by atoms with E-state index in [0.29, 0.717) is 9.60 Å². The minimum atomic E-state index is -3.62. The van der Waals surface area contributed by atoms with Crippen LogP contribution in [0, 0.1) is 6.92 Å². The number of halogens is 1. The van der Waals surface area contributed by atoms with Crippen LogP contribution >= 0.6 is 27.3 Å². The fourth-order valence-corrected chi connectivity index (χ4v) is 3.92. The molecule has 0 aliphatic heterocycles. The van der Waals surface area contributed by atoms with E-state index < -0.39 is 10.0 Å². The summed E-state index contributed by atoms with van der Waals surface area (Å²) in [5, 5.41) is 3.14. The van der Waals surface area contributed by atoms with Crippen LogP contribution < -0.4 is 10.0 Å². The van der Waals surface area contributed by atoms with Crippen LogP contribution in [0.15, 0.2) is 39.8 Å². The molecule has 1 aromatic heterocycles. The third kappa shape index (κ3) is 4.87. The van der Waals surface area contributed by atoms with Gasteiger partial charge in [-0.05, 0) is 25.1 Å². The van der Waals surface area contributed by atoms with Crippen LogP contribution in [-0.4, -0.2) is 25.9 Å². The molecule has 0 atom stereocenters. The maximum Gasteiger partial charge on any atom is 0.240 e. The lowest BCUT2D eigenvalue weighted by Crippen LogP contribution is -2.27. The number of thiazole rings is 1. The largest absolute Gasteiger partial charge is 0.302 e. The molecule has 1 heterocycles. The summed E-state index contributed by atoms with van der Waals surface area (Å²) >= 11 is 4.59. The molecule has 0 aliphatic rings. The lowest BCUT2D eigenvalue weighted by atomic mass is 10.4. The molecule has 0 saturated heterocycles. The van der Waals surface area contributed by atoms with Crippen molar-refractivity contribution < 1.29 is 13.2 Å². The van der Waals surface area contributed by atoms with Gasteiger partial charge < -0.3 is 5.32 Å². The molecule has 118 valence electrons. The maximum absolute atomic E-state index is 12.1. The van der Waals surface area contributed by atoms with Crippen LogP contribution in [0.2, 0.25) is 0 Å². The molecule has 0 unspecified atom stereocenters. The van der Waals surface area contributed by atoms with Crippen LogP contribution in [-0.2, 0) is 14.8 Å². The van der Waals surface area contributed by atoms with Crippen molar-refractivity contribution in [2.45, 2.75) is 18.2 Å². The van der Waals surface area contributed by atoms with Gasteiger partial charge in [0.1, 0.15) is 0 Å². The van der Waals surface area contributed by atoms with Crippen LogP contribution in [0.4, 0.5) is 5.13 Å². The first-order valence-corrected chi connectivity index (χ1v) is 9.43. The van der Waals surface area contributed by atoms with E-state index in [1.54, 1.807) is 18.3 Å². The number of amides is 1. The summed E-state index contributed by atoms with van der Waals surface area (Å²) in [5.41, 5.74) is 0. The van der Waals surface area contributed by atoms with Gasteiger partial charge >= 0.3 is 0 Å². The highest BCUT2D eigenvalue weighted by Crippen LogP contribution is 2.17. The Morgan fingerprint density at radius 1 is 1.41 bits per heavy atom. The molecular formula is C13H14BrN3O3S2. The smallest absolute Gasteiger partial charge is 0.240 e. The van der Waals surface area contributed by atoms with Crippen molar-refractivity contribution in [3.05, 3.63) is 39.8 Å². The summed E-state index contributed by atoms with van der Waals surface area (Å²) in [6.45, 7) is 1.91. The van der Waals surface area contributed by atoms with Gasteiger partial charge in [0, 0.05) is 28.5 Å². The number of nitrogens with zero attached hydrogens (tertiary/aromatic N) is 1.